The van der Waals surface area contributed by atoms with Crippen molar-refractivity contribution in [1.82, 2.24) is 0 Å². The first-order chi connectivity index (χ1) is 9.67. The smallest absolute Gasteiger partial charge is 0.192 e. The summed E-state index contributed by atoms with van der Waals surface area (Å²) < 4.78 is 12.9. The molecule has 1 heterocycles. The van der Waals surface area contributed by atoms with E-state index in [2.05, 4.69) is 72.7 Å². The van der Waals surface area contributed by atoms with Gasteiger partial charge in [0.25, 0.3) is 0 Å². The van der Waals surface area contributed by atoms with E-state index in [1.54, 1.807) is 0 Å². The van der Waals surface area contributed by atoms with Gasteiger partial charge in [-0.15, -0.1) is 0 Å². The summed E-state index contributed by atoms with van der Waals surface area (Å²) in [6.07, 6.45) is 3.15. The molecule has 0 aromatic carbocycles. The van der Waals surface area contributed by atoms with Gasteiger partial charge in [0.2, 0.25) is 0 Å². The molecule has 5 heteroatoms. The highest BCUT2D eigenvalue weighted by atomic mass is 28.4. The molecular formula is C17H37NO2Si2. The summed E-state index contributed by atoms with van der Waals surface area (Å²) in [4.78, 5) is 4.64. The summed E-state index contributed by atoms with van der Waals surface area (Å²) in [5.74, 6) is 0. The molecule has 1 rings (SSSR count). The highest BCUT2D eigenvalue weighted by molar-refractivity contribution is 6.74. The molecule has 0 N–H and O–H groups in total. The third kappa shape index (κ3) is 4.76. The monoisotopic (exact) mass is 343 g/mol. The Morgan fingerprint density at radius 2 is 1.45 bits per heavy atom. The van der Waals surface area contributed by atoms with Crippen molar-refractivity contribution in [3.05, 3.63) is 0 Å². The second kappa shape index (κ2) is 6.50. The molecule has 0 spiro atoms. The van der Waals surface area contributed by atoms with E-state index in [-0.39, 0.29) is 22.2 Å². The molecule has 130 valence electrons. The molecule has 0 aliphatic carbocycles. The second-order valence-electron chi connectivity index (χ2n) is 9.62. The van der Waals surface area contributed by atoms with E-state index in [1.807, 2.05) is 6.21 Å². The van der Waals surface area contributed by atoms with Crippen molar-refractivity contribution in [3.63, 3.8) is 0 Å². The molecule has 0 aromatic heterocycles. The van der Waals surface area contributed by atoms with Crippen molar-refractivity contribution >= 4 is 22.8 Å². The lowest BCUT2D eigenvalue weighted by Crippen LogP contribution is -2.48. The Morgan fingerprint density at radius 1 is 0.955 bits per heavy atom. The van der Waals surface area contributed by atoms with Gasteiger partial charge in [0.1, 0.15) is 0 Å². The van der Waals surface area contributed by atoms with Crippen LogP contribution in [0.15, 0.2) is 4.99 Å². The average Bonchev–Trinajstić information content (AvgIpc) is 2.70. The number of hydrogen-bond acceptors (Lipinski definition) is 3. The van der Waals surface area contributed by atoms with E-state index < -0.39 is 16.6 Å². The highest BCUT2D eigenvalue weighted by Crippen LogP contribution is 2.39. The van der Waals surface area contributed by atoms with E-state index in [9.17, 15) is 0 Å². The largest absolute Gasteiger partial charge is 0.415 e. The van der Waals surface area contributed by atoms with Gasteiger partial charge >= 0.3 is 0 Å². The van der Waals surface area contributed by atoms with Gasteiger partial charge in [0, 0.05) is 12.6 Å². The Labute approximate surface area is 140 Å². The Morgan fingerprint density at radius 3 is 1.91 bits per heavy atom. The molecule has 0 aromatic rings. The normalized spacial score (nSPS) is 24.1. The summed E-state index contributed by atoms with van der Waals surface area (Å²) in [6, 6.07) is 0.170. The lowest BCUT2D eigenvalue weighted by atomic mass is 10.2. The molecule has 1 aliphatic rings. The van der Waals surface area contributed by atoms with Crippen LogP contribution in [0.4, 0.5) is 0 Å². The predicted octanol–water partition coefficient (Wildman–Crippen LogP) is 5.24. The van der Waals surface area contributed by atoms with E-state index in [0.717, 1.165) is 6.42 Å². The van der Waals surface area contributed by atoms with Crippen molar-refractivity contribution in [2.45, 2.75) is 96.4 Å². The van der Waals surface area contributed by atoms with Crippen LogP contribution in [0.25, 0.3) is 0 Å². The number of hydrogen-bond donors (Lipinski definition) is 0. The Kier molecular flexibility index (Phi) is 5.93. The second-order valence-corrected chi connectivity index (χ2v) is 19.2. The first-order valence-corrected chi connectivity index (χ1v) is 14.3. The zero-order valence-corrected chi connectivity index (χ0v) is 18.4. The van der Waals surface area contributed by atoms with Crippen LogP contribution in [0.3, 0.4) is 0 Å². The lowest BCUT2D eigenvalue weighted by molar-refractivity contribution is 0.134. The van der Waals surface area contributed by atoms with E-state index in [1.165, 1.54) is 0 Å². The Balaban J connectivity index is 2.67. The molecular weight excluding hydrogens is 306 g/mol. The maximum absolute atomic E-state index is 6.58. The number of nitrogens with zero attached hydrogens (tertiary/aromatic N) is 1. The molecule has 1 aliphatic heterocycles. The van der Waals surface area contributed by atoms with E-state index >= 15 is 0 Å². The van der Waals surface area contributed by atoms with Gasteiger partial charge in [0.05, 0.1) is 18.8 Å². The summed E-state index contributed by atoms with van der Waals surface area (Å²) >= 11 is 0. The van der Waals surface area contributed by atoms with Gasteiger partial charge in [-0.05, 0) is 36.3 Å². The molecule has 0 saturated carbocycles. The van der Waals surface area contributed by atoms with Gasteiger partial charge in [0.15, 0.2) is 16.6 Å². The van der Waals surface area contributed by atoms with Crippen LogP contribution >= 0.6 is 0 Å². The molecule has 0 unspecified atom stereocenters. The molecule has 2 atom stereocenters. The van der Waals surface area contributed by atoms with Crippen LogP contribution in [0.1, 0.15) is 48.0 Å². The highest BCUT2D eigenvalue weighted by Gasteiger charge is 2.43. The maximum atomic E-state index is 6.58. The van der Waals surface area contributed by atoms with E-state index in [0.29, 0.717) is 6.61 Å². The molecule has 0 amide bonds. The molecule has 3 nitrogen and oxygen atoms in total. The van der Waals surface area contributed by atoms with Crippen LogP contribution in [-0.2, 0) is 8.85 Å². The van der Waals surface area contributed by atoms with Gasteiger partial charge in [-0.25, -0.2) is 0 Å². The summed E-state index contributed by atoms with van der Waals surface area (Å²) in [7, 11) is -3.46. The third-order valence-electron chi connectivity index (χ3n) is 5.74. The maximum Gasteiger partial charge on any atom is 0.192 e. The van der Waals surface area contributed by atoms with Crippen LogP contribution in [-0.4, -0.2) is 41.6 Å². The SMILES string of the molecule is CC(C)(C)[Si](C)(C)OC[C@H]1N=CC[C@@H]1O[Si](C)(C)C(C)(C)C. The van der Waals surface area contributed by atoms with Crippen molar-refractivity contribution < 1.29 is 8.85 Å². The lowest BCUT2D eigenvalue weighted by Gasteiger charge is -2.40. The van der Waals surface area contributed by atoms with Gasteiger partial charge in [-0.3, -0.25) is 4.99 Å². The van der Waals surface area contributed by atoms with Crippen LogP contribution in [0.5, 0.6) is 0 Å². The zero-order valence-electron chi connectivity index (χ0n) is 16.4. The molecule has 0 bridgehead atoms. The summed E-state index contributed by atoms with van der Waals surface area (Å²) in [6.45, 7) is 23.6. The zero-order chi connectivity index (χ0) is 17.4. The summed E-state index contributed by atoms with van der Waals surface area (Å²) in [5.41, 5.74) is 0. The molecule has 0 saturated heterocycles. The van der Waals surface area contributed by atoms with Crippen molar-refractivity contribution in [2.24, 2.45) is 4.99 Å². The van der Waals surface area contributed by atoms with Gasteiger partial charge in [-0.1, -0.05) is 41.5 Å². The van der Waals surface area contributed by atoms with Crippen LogP contribution in [0.2, 0.25) is 36.3 Å². The van der Waals surface area contributed by atoms with Crippen molar-refractivity contribution in [3.8, 4) is 0 Å². The Bertz CT molecular complexity index is 406. The molecule has 0 radical (unpaired) electrons. The quantitative estimate of drug-likeness (QED) is 0.639. The minimum absolute atomic E-state index is 0.170. The Hall–Kier alpha value is 0.0238. The fourth-order valence-corrected chi connectivity index (χ4v) is 4.28. The van der Waals surface area contributed by atoms with Gasteiger partial charge < -0.3 is 8.85 Å². The van der Waals surface area contributed by atoms with Crippen molar-refractivity contribution in [1.29, 1.82) is 0 Å². The first kappa shape index (κ1) is 20.1. The first-order valence-electron chi connectivity index (χ1n) is 8.51. The number of rotatable bonds is 5. The fourth-order valence-electron chi connectivity index (χ4n) is 1.90. The van der Waals surface area contributed by atoms with Gasteiger partial charge in [-0.2, -0.15) is 0 Å². The van der Waals surface area contributed by atoms with Crippen molar-refractivity contribution in [2.75, 3.05) is 6.61 Å². The third-order valence-corrected chi connectivity index (χ3v) is 14.7. The van der Waals surface area contributed by atoms with E-state index in [4.69, 9.17) is 8.85 Å². The summed E-state index contributed by atoms with van der Waals surface area (Å²) in [5, 5.41) is 0.478. The average molecular weight is 344 g/mol. The van der Waals surface area contributed by atoms with Crippen LogP contribution in [0, 0.1) is 0 Å². The minimum atomic E-state index is -1.75. The minimum Gasteiger partial charge on any atom is -0.415 e. The van der Waals surface area contributed by atoms with Crippen LogP contribution < -0.4 is 0 Å². The predicted molar refractivity (Wildman–Crippen MR) is 102 cm³/mol. The fraction of sp³-hybridized carbons (Fsp3) is 0.941. The number of aliphatic imine (C=N–C) groups is 1. The standard InChI is InChI=1S/C17H37NO2Si2/c1-16(2,3)21(7,8)19-13-14-15(11-12-18-14)20-22(9,10)17(4,5)6/h12,14-15H,11,13H2,1-10H3/t14-,15+/m1/s1. The topological polar surface area (TPSA) is 30.8 Å². The molecule has 22 heavy (non-hydrogen) atoms. The molecule has 0 fully saturated rings.